The number of benzene rings is 1. The third kappa shape index (κ3) is 5.15. The molecule has 1 rings (SSSR count). The Labute approximate surface area is 132 Å². The molecule has 0 aliphatic carbocycles. The summed E-state index contributed by atoms with van der Waals surface area (Å²) in [4.78, 5) is 24.0. The molecule has 1 aromatic rings. The predicted molar refractivity (Wildman–Crippen MR) is 89.8 cm³/mol. The van der Waals surface area contributed by atoms with E-state index in [4.69, 9.17) is 5.73 Å². The van der Waals surface area contributed by atoms with Gasteiger partial charge in [-0.05, 0) is 43.5 Å². The Kier molecular flexibility index (Phi) is 6.56. The van der Waals surface area contributed by atoms with Crippen LogP contribution in [-0.4, -0.2) is 24.4 Å². The Morgan fingerprint density at radius 1 is 1.18 bits per heavy atom. The van der Waals surface area contributed by atoms with Crippen LogP contribution in [0.4, 0.5) is 5.69 Å². The highest BCUT2D eigenvalue weighted by atomic mass is 16.2. The minimum Gasteiger partial charge on any atom is -0.352 e. The van der Waals surface area contributed by atoms with Gasteiger partial charge in [0.25, 0.3) is 5.91 Å². The van der Waals surface area contributed by atoms with Crippen molar-refractivity contribution >= 4 is 17.5 Å². The summed E-state index contributed by atoms with van der Waals surface area (Å²) in [7, 11) is 0. The van der Waals surface area contributed by atoms with Crippen LogP contribution in [0, 0.1) is 18.8 Å². The standard InChI is InChI=1S/C17H27N3O2/c1-10(2)9-19-17(22)14-6-7-15(11(3)8-14)20-16(21)12(4)13(5)18/h6-8,10,12-13H,9,18H2,1-5H3,(H,19,22)(H,20,21). The van der Waals surface area contributed by atoms with Gasteiger partial charge in [0.2, 0.25) is 5.91 Å². The molecule has 0 spiro atoms. The van der Waals surface area contributed by atoms with E-state index in [-0.39, 0.29) is 23.8 Å². The molecule has 122 valence electrons. The number of carbonyl (C=O) groups is 2. The zero-order valence-electron chi connectivity index (χ0n) is 14.1. The van der Waals surface area contributed by atoms with Gasteiger partial charge in [-0.1, -0.05) is 20.8 Å². The molecule has 5 heteroatoms. The van der Waals surface area contributed by atoms with E-state index in [1.807, 2.05) is 20.8 Å². The average molecular weight is 305 g/mol. The van der Waals surface area contributed by atoms with Crippen LogP contribution in [0.15, 0.2) is 18.2 Å². The summed E-state index contributed by atoms with van der Waals surface area (Å²) in [6.45, 7) is 10.2. The number of nitrogens with one attached hydrogen (secondary N) is 2. The lowest BCUT2D eigenvalue weighted by molar-refractivity contribution is -0.119. The number of rotatable bonds is 6. The zero-order chi connectivity index (χ0) is 16.9. The molecule has 1 aromatic carbocycles. The van der Waals surface area contributed by atoms with E-state index in [9.17, 15) is 9.59 Å². The van der Waals surface area contributed by atoms with E-state index in [0.717, 1.165) is 5.56 Å². The van der Waals surface area contributed by atoms with Gasteiger partial charge < -0.3 is 16.4 Å². The van der Waals surface area contributed by atoms with Crippen molar-refractivity contribution in [2.45, 2.75) is 40.7 Å². The Bertz CT molecular complexity index is 539. The molecule has 0 aliphatic rings. The third-order valence-electron chi connectivity index (χ3n) is 3.62. The van der Waals surface area contributed by atoms with Crippen LogP contribution in [0.1, 0.15) is 43.6 Å². The van der Waals surface area contributed by atoms with E-state index in [1.54, 1.807) is 32.0 Å². The summed E-state index contributed by atoms with van der Waals surface area (Å²) < 4.78 is 0. The van der Waals surface area contributed by atoms with Crippen molar-refractivity contribution in [1.82, 2.24) is 5.32 Å². The topological polar surface area (TPSA) is 84.2 Å². The fourth-order valence-corrected chi connectivity index (χ4v) is 1.83. The highest BCUT2D eigenvalue weighted by molar-refractivity contribution is 5.97. The predicted octanol–water partition coefficient (Wildman–Crippen LogP) is 2.30. The van der Waals surface area contributed by atoms with Crippen LogP contribution in [0.3, 0.4) is 0 Å². The maximum absolute atomic E-state index is 12.0. The average Bonchev–Trinajstić information content (AvgIpc) is 2.45. The quantitative estimate of drug-likeness (QED) is 0.754. The second-order valence-electron chi connectivity index (χ2n) is 6.27. The van der Waals surface area contributed by atoms with Gasteiger partial charge in [-0.3, -0.25) is 9.59 Å². The van der Waals surface area contributed by atoms with Gasteiger partial charge in [-0.2, -0.15) is 0 Å². The lowest BCUT2D eigenvalue weighted by Crippen LogP contribution is -2.34. The summed E-state index contributed by atoms with van der Waals surface area (Å²) in [6.07, 6.45) is 0. The molecule has 22 heavy (non-hydrogen) atoms. The zero-order valence-corrected chi connectivity index (χ0v) is 14.1. The highest BCUT2D eigenvalue weighted by Crippen LogP contribution is 2.18. The number of hydrogen-bond donors (Lipinski definition) is 3. The van der Waals surface area contributed by atoms with Crippen LogP contribution in [-0.2, 0) is 4.79 Å². The molecule has 0 bridgehead atoms. The normalized spacial score (nSPS) is 13.6. The van der Waals surface area contributed by atoms with Gasteiger partial charge in [0.15, 0.2) is 0 Å². The number of nitrogens with two attached hydrogens (primary N) is 1. The van der Waals surface area contributed by atoms with Crippen molar-refractivity contribution in [2.75, 3.05) is 11.9 Å². The maximum Gasteiger partial charge on any atom is 0.251 e. The second-order valence-corrected chi connectivity index (χ2v) is 6.27. The number of carbonyl (C=O) groups excluding carboxylic acids is 2. The van der Waals surface area contributed by atoms with Crippen molar-refractivity contribution in [3.8, 4) is 0 Å². The fraction of sp³-hybridized carbons (Fsp3) is 0.529. The van der Waals surface area contributed by atoms with Gasteiger partial charge in [-0.15, -0.1) is 0 Å². The van der Waals surface area contributed by atoms with Gasteiger partial charge in [-0.25, -0.2) is 0 Å². The summed E-state index contributed by atoms with van der Waals surface area (Å²) in [5.74, 6) is -0.0782. The van der Waals surface area contributed by atoms with Crippen molar-refractivity contribution < 1.29 is 9.59 Å². The summed E-state index contributed by atoms with van der Waals surface area (Å²) in [6, 6.07) is 5.04. The Morgan fingerprint density at radius 3 is 2.32 bits per heavy atom. The number of aryl methyl sites for hydroxylation is 1. The molecule has 0 radical (unpaired) electrons. The van der Waals surface area contributed by atoms with Gasteiger partial charge in [0.05, 0.1) is 5.92 Å². The fourth-order valence-electron chi connectivity index (χ4n) is 1.83. The van der Waals surface area contributed by atoms with Gasteiger partial charge >= 0.3 is 0 Å². The molecular formula is C17H27N3O2. The Balaban J connectivity index is 2.77. The molecule has 0 aliphatic heterocycles. The van der Waals surface area contributed by atoms with E-state index >= 15 is 0 Å². The molecule has 0 fully saturated rings. The minimum atomic E-state index is -0.270. The summed E-state index contributed by atoms with van der Waals surface area (Å²) in [5, 5.41) is 5.73. The molecule has 2 amide bonds. The number of amides is 2. The van der Waals surface area contributed by atoms with Crippen molar-refractivity contribution in [1.29, 1.82) is 0 Å². The smallest absolute Gasteiger partial charge is 0.251 e. The largest absolute Gasteiger partial charge is 0.352 e. The first-order chi connectivity index (χ1) is 10.2. The van der Waals surface area contributed by atoms with Crippen LogP contribution < -0.4 is 16.4 Å². The molecule has 4 N–H and O–H groups in total. The first kappa shape index (κ1) is 18.2. The summed E-state index contributed by atoms with van der Waals surface area (Å²) >= 11 is 0. The minimum absolute atomic E-state index is 0.0985. The monoisotopic (exact) mass is 305 g/mol. The molecule has 0 saturated heterocycles. The number of anilines is 1. The highest BCUT2D eigenvalue weighted by Gasteiger charge is 2.18. The molecule has 0 aromatic heterocycles. The molecule has 0 saturated carbocycles. The van der Waals surface area contributed by atoms with Crippen molar-refractivity contribution in [3.05, 3.63) is 29.3 Å². The van der Waals surface area contributed by atoms with Crippen molar-refractivity contribution in [2.24, 2.45) is 17.6 Å². The molecule has 0 heterocycles. The lowest BCUT2D eigenvalue weighted by atomic mass is 10.0. The molecular weight excluding hydrogens is 278 g/mol. The number of hydrogen-bond acceptors (Lipinski definition) is 3. The van der Waals surface area contributed by atoms with Gasteiger partial charge in [0.1, 0.15) is 0 Å². The van der Waals surface area contributed by atoms with E-state index in [1.165, 1.54) is 0 Å². The SMILES string of the molecule is Cc1cc(C(=O)NCC(C)C)ccc1NC(=O)C(C)C(C)N. The van der Waals surface area contributed by atoms with Crippen LogP contribution in [0.2, 0.25) is 0 Å². The third-order valence-corrected chi connectivity index (χ3v) is 3.62. The van der Waals surface area contributed by atoms with Gasteiger partial charge in [0, 0.05) is 23.8 Å². The first-order valence-corrected chi connectivity index (χ1v) is 7.67. The molecule has 2 atom stereocenters. The second kappa shape index (κ2) is 7.94. The molecule has 5 nitrogen and oxygen atoms in total. The first-order valence-electron chi connectivity index (χ1n) is 7.67. The molecule has 2 unspecified atom stereocenters. The van der Waals surface area contributed by atoms with Crippen LogP contribution in [0.5, 0.6) is 0 Å². The van der Waals surface area contributed by atoms with Crippen molar-refractivity contribution in [3.63, 3.8) is 0 Å². The Hall–Kier alpha value is -1.88. The van der Waals surface area contributed by atoms with E-state index < -0.39 is 0 Å². The van der Waals surface area contributed by atoms with E-state index in [2.05, 4.69) is 10.6 Å². The Morgan fingerprint density at radius 2 is 1.82 bits per heavy atom. The maximum atomic E-state index is 12.0. The van der Waals surface area contributed by atoms with Crippen LogP contribution in [0.25, 0.3) is 0 Å². The lowest BCUT2D eigenvalue weighted by Gasteiger charge is -2.17. The summed E-state index contributed by atoms with van der Waals surface area (Å²) in [5.41, 5.74) is 7.89. The van der Waals surface area contributed by atoms with Crippen LogP contribution >= 0.6 is 0 Å². The van der Waals surface area contributed by atoms with E-state index in [0.29, 0.717) is 23.7 Å².